The average Bonchev–Trinajstić information content (AvgIpc) is 2.78. The van der Waals surface area contributed by atoms with Crippen molar-refractivity contribution in [2.24, 2.45) is 12.0 Å². The zero-order valence-corrected chi connectivity index (χ0v) is 12.6. The lowest BCUT2D eigenvalue weighted by atomic mass is 10.2. The van der Waals surface area contributed by atoms with Crippen LogP contribution in [0.2, 0.25) is 5.02 Å². The van der Waals surface area contributed by atoms with E-state index < -0.39 is 0 Å². The van der Waals surface area contributed by atoms with Gasteiger partial charge in [0.25, 0.3) is 5.91 Å². The number of aromatic nitrogens is 1. The predicted molar refractivity (Wildman–Crippen MR) is 88.0 cm³/mol. The molecule has 5 heteroatoms. The third-order valence-corrected chi connectivity index (χ3v) is 3.77. The lowest BCUT2D eigenvalue weighted by Crippen LogP contribution is -1.95. The van der Waals surface area contributed by atoms with E-state index in [1.54, 1.807) is 35.9 Å². The van der Waals surface area contributed by atoms with Crippen molar-refractivity contribution in [1.29, 1.82) is 0 Å². The molecule has 1 N–H and O–H groups in total. The number of para-hydroxylation sites is 1. The molecule has 0 atom stereocenters. The molecule has 110 valence electrons. The van der Waals surface area contributed by atoms with Crippen molar-refractivity contribution in [3.05, 3.63) is 64.7 Å². The van der Waals surface area contributed by atoms with Crippen LogP contribution in [0.4, 0.5) is 0 Å². The number of carbonyl (C=O) groups excluding carboxylic acids is 1. The molecular weight excluding hydrogens is 300 g/mol. The molecule has 2 aromatic carbocycles. The first-order valence-electron chi connectivity index (χ1n) is 6.68. The Bertz CT molecular complexity index is 880. The molecule has 0 aliphatic carbocycles. The smallest absolute Gasteiger partial charge is 0.276 e. The van der Waals surface area contributed by atoms with Gasteiger partial charge in [-0.15, -0.1) is 0 Å². The Morgan fingerprint density at radius 2 is 1.86 bits per heavy atom. The SMILES string of the molecule is Cn1c(O)c(C=NC(=O)c2ccc(Cl)cc2)c2ccccc21. The summed E-state index contributed by atoms with van der Waals surface area (Å²) in [6.07, 6.45) is 1.40. The average molecular weight is 313 g/mol. The highest BCUT2D eigenvalue weighted by Crippen LogP contribution is 2.28. The lowest BCUT2D eigenvalue weighted by Gasteiger charge is -1.96. The molecule has 22 heavy (non-hydrogen) atoms. The molecule has 0 saturated carbocycles. The van der Waals surface area contributed by atoms with Crippen LogP contribution in [0.25, 0.3) is 10.9 Å². The van der Waals surface area contributed by atoms with Crippen LogP contribution in [0.5, 0.6) is 5.88 Å². The molecule has 4 nitrogen and oxygen atoms in total. The van der Waals surface area contributed by atoms with Gasteiger partial charge in [-0.1, -0.05) is 29.8 Å². The topological polar surface area (TPSA) is 54.6 Å². The quantitative estimate of drug-likeness (QED) is 0.732. The lowest BCUT2D eigenvalue weighted by molar-refractivity contribution is 0.100. The van der Waals surface area contributed by atoms with Gasteiger partial charge in [-0.25, -0.2) is 4.99 Å². The number of amides is 1. The molecule has 1 aromatic heterocycles. The van der Waals surface area contributed by atoms with Crippen LogP contribution < -0.4 is 0 Å². The van der Waals surface area contributed by atoms with E-state index in [0.717, 1.165) is 10.9 Å². The van der Waals surface area contributed by atoms with Crippen molar-refractivity contribution in [3.8, 4) is 5.88 Å². The Balaban J connectivity index is 1.97. The Morgan fingerprint density at radius 1 is 1.18 bits per heavy atom. The number of carbonyl (C=O) groups is 1. The van der Waals surface area contributed by atoms with Gasteiger partial charge in [0.2, 0.25) is 5.88 Å². The number of aromatic hydroxyl groups is 1. The van der Waals surface area contributed by atoms with Crippen LogP contribution in [-0.2, 0) is 7.05 Å². The number of rotatable bonds is 2. The number of hydrogen-bond donors (Lipinski definition) is 1. The minimum Gasteiger partial charge on any atom is -0.494 e. The third kappa shape index (κ3) is 2.49. The van der Waals surface area contributed by atoms with Crippen molar-refractivity contribution in [1.82, 2.24) is 4.57 Å². The number of aliphatic imine (C=N–C) groups is 1. The molecule has 3 rings (SSSR count). The summed E-state index contributed by atoms with van der Waals surface area (Å²) >= 11 is 5.79. The van der Waals surface area contributed by atoms with Gasteiger partial charge in [-0.3, -0.25) is 4.79 Å². The summed E-state index contributed by atoms with van der Waals surface area (Å²) in [7, 11) is 1.76. The minimum absolute atomic E-state index is 0.0776. The standard InChI is InChI=1S/C17H13ClN2O2/c1-20-15-5-3-2-4-13(15)14(17(20)22)10-19-16(21)11-6-8-12(18)9-7-11/h2-10,22H,1H3. The molecule has 1 amide bonds. The Morgan fingerprint density at radius 3 is 2.59 bits per heavy atom. The maximum Gasteiger partial charge on any atom is 0.276 e. The highest BCUT2D eigenvalue weighted by molar-refractivity contribution is 6.30. The van der Waals surface area contributed by atoms with Gasteiger partial charge in [0, 0.05) is 29.2 Å². The second-order valence-corrected chi connectivity index (χ2v) is 5.32. The van der Waals surface area contributed by atoms with Gasteiger partial charge in [-0.05, 0) is 30.3 Å². The molecule has 0 aliphatic rings. The molecule has 3 aromatic rings. The summed E-state index contributed by atoms with van der Waals surface area (Å²) in [5, 5.41) is 11.6. The van der Waals surface area contributed by atoms with E-state index in [9.17, 15) is 9.90 Å². The number of aryl methyl sites for hydroxylation is 1. The Kier molecular flexibility index (Phi) is 3.69. The van der Waals surface area contributed by atoms with Crippen molar-refractivity contribution >= 4 is 34.6 Å². The van der Waals surface area contributed by atoms with Crippen LogP contribution in [0.15, 0.2) is 53.5 Å². The van der Waals surface area contributed by atoms with E-state index in [4.69, 9.17) is 11.6 Å². The van der Waals surface area contributed by atoms with E-state index in [-0.39, 0.29) is 11.8 Å². The number of benzene rings is 2. The maximum absolute atomic E-state index is 12.1. The van der Waals surface area contributed by atoms with Gasteiger partial charge < -0.3 is 9.67 Å². The minimum atomic E-state index is -0.385. The van der Waals surface area contributed by atoms with Crippen LogP contribution >= 0.6 is 11.6 Å². The van der Waals surface area contributed by atoms with E-state index in [0.29, 0.717) is 16.1 Å². The third-order valence-electron chi connectivity index (χ3n) is 3.52. The molecule has 0 fully saturated rings. The van der Waals surface area contributed by atoms with Crippen LogP contribution in [0, 0.1) is 0 Å². The fourth-order valence-electron chi connectivity index (χ4n) is 2.33. The van der Waals surface area contributed by atoms with E-state index >= 15 is 0 Å². The normalized spacial score (nSPS) is 11.4. The van der Waals surface area contributed by atoms with Crippen LogP contribution in [-0.4, -0.2) is 21.8 Å². The zero-order valence-electron chi connectivity index (χ0n) is 11.8. The fourth-order valence-corrected chi connectivity index (χ4v) is 2.45. The second-order valence-electron chi connectivity index (χ2n) is 4.88. The summed E-state index contributed by atoms with van der Waals surface area (Å²) in [6.45, 7) is 0. The summed E-state index contributed by atoms with van der Waals surface area (Å²) in [6, 6.07) is 14.0. The van der Waals surface area contributed by atoms with E-state index in [1.165, 1.54) is 6.21 Å². The monoisotopic (exact) mass is 312 g/mol. The molecule has 0 spiro atoms. The molecule has 0 radical (unpaired) electrons. The molecular formula is C17H13ClN2O2. The molecule has 0 bridgehead atoms. The van der Waals surface area contributed by atoms with Crippen LogP contribution in [0.3, 0.4) is 0 Å². The van der Waals surface area contributed by atoms with Gasteiger partial charge in [0.05, 0.1) is 11.1 Å². The molecule has 0 unspecified atom stereocenters. The highest BCUT2D eigenvalue weighted by atomic mass is 35.5. The van der Waals surface area contributed by atoms with Gasteiger partial charge >= 0.3 is 0 Å². The Hall–Kier alpha value is -2.59. The summed E-state index contributed by atoms with van der Waals surface area (Å²) in [4.78, 5) is 16.0. The van der Waals surface area contributed by atoms with Gasteiger partial charge in [-0.2, -0.15) is 0 Å². The van der Waals surface area contributed by atoms with Crippen molar-refractivity contribution in [2.45, 2.75) is 0 Å². The largest absolute Gasteiger partial charge is 0.494 e. The molecule has 1 heterocycles. The fraction of sp³-hybridized carbons (Fsp3) is 0.0588. The van der Waals surface area contributed by atoms with E-state index in [2.05, 4.69) is 4.99 Å². The van der Waals surface area contributed by atoms with Crippen molar-refractivity contribution in [3.63, 3.8) is 0 Å². The van der Waals surface area contributed by atoms with Crippen molar-refractivity contribution in [2.75, 3.05) is 0 Å². The van der Waals surface area contributed by atoms with Crippen LogP contribution in [0.1, 0.15) is 15.9 Å². The van der Waals surface area contributed by atoms with Gasteiger partial charge in [0.1, 0.15) is 0 Å². The Labute approximate surface area is 132 Å². The first kappa shape index (κ1) is 14.4. The number of nitrogens with zero attached hydrogens (tertiary/aromatic N) is 2. The number of hydrogen-bond acceptors (Lipinski definition) is 2. The molecule has 0 saturated heterocycles. The summed E-state index contributed by atoms with van der Waals surface area (Å²) in [5.74, 6) is -0.308. The highest BCUT2D eigenvalue weighted by Gasteiger charge is 2.12. The zero-order chi connectivity index (χ0) is 15.7. The molecule has 0 aliphatic heterocycles. The van der Waals surface area contributed by atoms with Gasteiger partial charge in [0.15, 0.2) is 0 Å². The maximum atomic E-state index is 12.1. The summed E-state index contributed by atoms with van der Waals surface area (Å²) in [5.41, 5.74) is 1.85. The van der Waals surface area contributed by atoms with Crippen molar-refractivity contribution < 1.29 is 9.90 Å². The second kappa shape index (κ2) is 5.66. The first-order valence-corrected chi connectivity index (χ1v) is 7.06. The number of halogens is 1. The number of fused-ring (bicyclic) bond motifs is 1. The summed E-state index contributed by atoms with van der Waals surface area (Å²) < 4.78 is 1.66. The predicted octanol–water partition coefficient (Wildman–Crippen LogP) is 3.80. The first-order chi connectivity index (χ1) is 10.6. The van der Waals surface area contributed by atoms with E-state index in [1.807, 2.05) is 24.3 Å².